The molecule has 1 heterocycles. The lowest BCUT2D eigenvalue weighted by molar-refractivity contribution is -0.151. The maximum atomic E-state index is 13.3. The highest BCUT2D eigenvalue weighted by atomic mass is 32.1. The summed E-state index contributed by atoms with van der Waals surface area (Å²) >= 11 is 1.31. The van der Waals surface area contributed by atoms with Gasteiger partial charge < -0.3 is 15.2 Å². The lowest BCUT2D eigenvalue weighted by atomic mass is 9.62. The highest BCUT2D eigenvalue weighted by Gasteiger charge is 2.48. The number of carbonyl (C=O) groups is 3. The molecule has 162 valence electrons. The SMILES string of the molecule is CCOC(=O)c1c(NC(=O)[C@@H]2[C@H](C(=O)O)[C@H]3C=C[C@H]2CC3)sc(C)c1-c1ccccc1. The van der Waals surface area contributed by atoms with E-state index in [9.17, 15) is 19.5 Å². The quantitative estimate of drug-likeness (QED) is 0.500. The van der Waals surface area contributed by atoms with Gasteiger partial charge in [0.15, 0.2) is 0 Å². The number of anilines is 1. The molecular weight excluding hydrogens is 414 g/mol. The molecule has 2 aromatic rings. The molecule has 0 aliphatic heterocycles. The van der Waals surface area contributed by atoms with E-state index in [0.717, 1.165) is 28.8 Å². The van der Waals surface area contributed by atoms with Gasteiger partial charge in [-0.1, -0.05) is 42.5 Å². The molecule has 0 radical (unpaired) electrons. The zero-order chi connectivity index (χ0) is 22.1. The number of aryl methyl sites for hydroxylation is 1. The maximum Gasteiger partial charge on any atom is 0.341 e. The number of hydrogen-bond acceptors (Lipinski definition) is 5. The number of amides is 1. The van der Waals surface area contributed by atoms with Crippen LogP contribution in [0.15, 0.2) is 42.5 Å². The Morgan fingerprint density at radius 1 is 1.10 bits per heavy atom. The van der Waals surface area contributed by atoms with Crippen molar-refractivity contribution in [1.29, 1.82) is 0 Å². The summed E-state index contributed by atoms with van der Waals surface area (Å²) < 4.78 is 5.29. The summed E-state index contributed by atoms with van der Waals surface area (Å²) in [6, 6.07) is 9.50. The van der Waals surface area contributed by atoms with Crippen LogP contribution in [0.4, 0.5) is 5.00 Å². The third-order valence-electron chi connectivity index (χ3n) is 6.20. The number of nitrogens with one attached hydrogen (secondary N) is 1. The van der Waals surface area contributed by atoms with Crippen molar-refractivity contribution in [3.63, 3.8) is 0 Å². The lowest BCUT2D eigenvalue weighted by Crippen LogP contribution is -2.47. The molecule has 1 aromatic heterocycles. The van der Waals surface area contributed by atoms with Crippen LogP contribution in [0.1, 0.15) is 35.0 Å². The monoisotopic (exact) mass is 439 g/mol. The fraction of sp³-hybridized carbons (Fsp3) is 0.375. The van der Waals surface area contributed by atoms with Gasteiger partial charge in [0.25, 0.3) is 0 Å². The van der Waals surface area contributed by atoms with Crippen molar-refractivity contribution in [3.8, 4) is 11.1 Å². The Bertz CT molecular complexity index is 1040. The minimum Gasteiger partial charge on any atom is -0.481 e. The van der Waals surface area contributed by atoms with Gasteiger partial charge in [-0.05, 0) is 44.1 Å². The van der Waals surface area contributed by atoms with Crippen LogP contribution in [0.5, 0.6) is 0 Å². The fourth-order valence-corrected chi connectivity index (χ4v) is 5.93. The smallest absolute Gasteiger partial charge is 0.341 e. The Morgan fingerprint density at radius 2 is 1.74 bits per heavy atom. The predicted octanol–water partition coefficient (Wildman–Crippen LogP) is 4.75. The molecule has 1 saturated carbocycles. The van der Waals surface area contributed by atoms with Crippen LogP contribution in [0, 0.1) is 30.6 Å². The molecule has 4 atom stereocenters. The van der Waals surface area contributed by atoms with Crippen LogP contribution >= 0.6 is 11.3 Å². The summed E-state index contributed by atoms with van der Waals surface area (Å²) in [4.78, 5) is 39.0. The van der Waals surface area contributed by atoms with Crippen molar-refractivity contribution < 1.29 is 24.2 Å². The number of allylic oxidation sites excluding steroid dienone is 2. The molecule has 5 rings (SSSR count). The first kappa shape index (κ1) is 21.3. The number of carboxylic acids is 1. The Hall–Kier alpha value is -2.93. The average Bonchev–Trinajstić information content (AvgIpc) is 3.10. The van der Waals surface area contributed by atoms with Crippen LogP contribution in [-0.4, -0.2) is 29.6 Å². The highest BCUT2D eigenvalue weighted by molar-refractivity contribution is 7.17. The minimum atomic E-state index is -0.947. The summed E-state index contributed by atoms with van der Waals surface area (Å²) in [5, 5.41) is 13.1. The van der Waals surface area contributed by atoms with Gasteiger partial charge >= 0.3 is 11.9 Å². The fourth-order valence-electron chi connectivity index (χ4n) is 4.87. The Labute approximate surface area is 184 Å². The van der Waals surface area contributed by atoms with Crippen LogP contribution in [-0.2, 0) is 14.3 Å². The normalized spacial score (nSPS) is 24.1. The van der Waals surface area contributed by atoms with Gasteiger partial charge in [-0.3, -0.25) is 9.59 Å². The van der Waals surface area contributed by atoms with E-state index in [-0.39, 0.29) is 24.3 Å². The van der Waals surface area contributed by atoms with Crippen molar-refractivity contribution in [1.82, 2.24) is 0 Å². The standard InChI is InChI=1S/C24H25NO5S/c1-3-30-24(29)20-17(14-7-5-4-6-8-14)13(2)31-22(20)25-21(26)18-15-9-11-16(12-10-15)19(18)23(27)28/h4-9,11,15-16,18-19H,3,10,12H2,1-2H3,(H,25,26)(H,27,28)/t15-,16-,18-,19+/m0/s1. The number of fused-ring (bicyclic) bond motifs is 2. The van der Waals surface area contributed by atoms with Gasteiger partial charge in [-0.2, -0.15) is 0 Å². The van der Waals surface area contributed by atoms with E-state index in [4.69, 9.17) is 4.74 Å². The predicted molar refractivity (Wildman–Crippen MR) is 119 cm³/mol. The number of aliphatic carboxylic acids is 1. The second-order valence-corrected chi connectivity index (χ2v) is 9.22. The van der Waals surface area contributed by atoms with E-state index in [2.05, 4.69) is 5.32 Å². The number of carbonyl (C=O) groups excluding carboxylic acids is 2. The summed E-state index contributed by atoms with van der Waals surface area (Å²) in [6.07, 6.45) is 5.49. The molecule has 31 heavy (non-hydrogen) atoms. The number of benzene rings is 1. The summed E-state index contributed by atoms with van der Waals surface area (Å²) in [5.41, 5.74) is 1.93. The number of thiophene rings is 1. The molecule has 3 aliphatic rings. The molecule has 0 spiro atoms. The number of hydrogen-bond donors (Lipinski definition) is 2. The molecule has 6 nitrogen and oxygen atoms in total. The summed E-state index contributed by atoms with van der Waals surface area (Å²) in [5.74, 6) is -3.43. The van der Waals surface area contributed by atoms with Gasteiger partial charge in [0.05, 0.1) is 18.4 Å². The van der Waals surface area contributed by atoms with Gasteiger partial charge in [0, 0.05) is 10.4 Å². The van der Waals surface area contributed by atoms with Crippen LogP contribution < -0.4 is 5.32 Å². The summed E-state index contributed by atoms with van der Waals surface area (Å²) in [6.45, 7) is 3.85. The molecule has 1 aromatic carbocycles. The highest BCUT2D eigenvalue weighted by Crippen LogP contribution is 2.46. The molecule has 1 amide bonds. The molecule has 2 N–H and O–H groups in total. The number of carboxylic acid groups (broad SMARTS) is 1. The molecule has 0 unspecified atom stereocenters. The van der Waals surface area contributed by atoms with Crippen molar-refractivity contribution in [2.75, 3.05) is 11.9 Å². The molecular formula is C24H25NO5S. The first-order valence-electron chi connectivity index (χ1n) is 10.5. The van der Waals surface area contributed by atoms with Crippen LogP contribution in [0.25, 0.3) is 11.1 Å². The molecule has 0 saturated heterocycles. The molecule has 3 aliphatic carbocycles. The molecule has 2 bridgehead atoms. The van der Waals surface area contributed by atoms with Gasteiger partial charge in [0.2, 0.25) is 5.91 Å². The summed E-state index contributed by atoms with van der Waals surface area (Å²) in [7, 11) is 0. The minimum absolute atomic E-state index is 0.105. The molecule has 1 fully saturated rings. The zero-order valence-corrected chi connectivity index (χ0v) is 18.3. The van der Waals surface area contributed by atoms with Crippen LogP contribution in [0.3, 0.4) is 0 Å². The average molecular weight is 440 g/mol. The first-order chi connectivity index (χ1) is 14.9. The van der Waals surface area contributed by atoms with Gasteiger partial charge in [-0.25, -0.2) is 4.79 Å². The van der Waals surface area contributed by atoms with Crippen LogP contribution in [0.2, 0.25) is 0 Å². The van der Waals surface area contributed by atoms with E-state index >= 15 is 0 Å². The Morgan fingerprint density at radius 3 is 2.32 bits per heavy atom. The lowest BCUT2D eigenvalue weighted by Gasteiger charge is -2.41. The van der Waals surface area contributed by atoms with E-state index in [1.807, 2.05) is 49.4 Å². The van der Waals surface area contributed by atoms with E-state index < -0.39 is 23.8 Å². The molecule has 7 heteroatoms. The topological polar surface area (TPSA) is 92.7 Å². The van der Waals surface area contributed by atoms with Crippen molar-refractivity contribution in [3.05, 3.63) is 52.9 Å². The third-order valence-corrected chi connectivity index (χ3v) is 7.22. The second-order valence-electron chi connectivity index (χ2n) is 7.99. The van der Waals surface area contributed by atoms with Gasteiger partial charge in [0.1, 0.15) is 10.6 Å². The second kappa shape index (κ2) is 8.67. The first-order valence-corrected chi connectivity index (χ1v) is 11.3. The largest absolute Gasteiger partial charge is 0.481 e. The van der Waals surface area contributed by atoms with E-state index in [0.29, 0.717) is 10.6 Å². The number of ether oxygens (including phenoxy) is 1. The van der Waals surface area contributed by atoms with Crippen molar-refractivity contribution >= 4 is 34.2 Å². The van der Waals surface area contributed by atoms with Crippen molar-refractivity contribution in [2.45, 2.75) is 26.7 Å². The zero-order valence-electron chi connectivity index (χ0n) is 17.5. The number of esters is 1. The van der Waals surface area contributed by atoms with E-state index in [1.54, 1.807) is 6.92 Å². The van der Waals surface area contributed by atoms with Gasteiger partial charge in [-0.15, -0.1) is 11.3 Å². The third kappa shape index (κ3) is 3.90. The van der Waals surface area contributed by atoms with E-state index in [1.165, 1.54) is 11.3 Å². The maximum absolute atomic E-state index is 13.3. The number of rotatable bonds is 6. The Balaban J connectivity index is 1.71. The Kier molecular flexibility index (Phi) is 5.96. The van der Waals surface area contributed by atoms with Crippen molar-refractivity contribution in [2.24, 2.45) is 23.7 Å².